The maximum absolute atomic E-state index is 11.8. The Labute approximate surface area is 118 Å². The van der Waals surface area contributed by atoms with E-state index in [9.17, 15) is 4.79 Å². The fourth-order valence-electron chi connectivity index (χ4n) is 1.61. The molecule has 1 amide bonds. The van der Waals surface area contributed by atoms with Gasteiger partial charge in [-0.1, -0.05) is 11.8 Å². The van der Waals surface area contributed by atoms with Gasteiger partial charge in [-0.3, -0.25) is 4.79 Å². The van der Waals surface area contributed by atoms with Gasteiger partial charge in [0, 0.05) is 25.7 Å². The monoisotopic (exact) mass is 277 g/mol. The molecule has 0 spiro atoms. The highest BCUT2D eigenvalue weighted by molar-refractivity contribution is 5.92. The van der Waals surface area contributed by atoms with E-state index in [0.29, 0.717) is 36.4 Å². The van der Waals surface area contributed by atoms with E-state index in [0.717, 1.165) is 0 Å². The first-order chi connectivity index (χ1) is 9.71. The van der Waals surface area contributed by atoms with Crippen LogP contribution in [0, 0.1) is 11.8 Å². The number of rotatable bonds is 6. The lowest BCUT2D eigenvalue weighted by molar-refractivity contribution is -0.116. The van der Waals surface area contributed by atoms with Crippen molar-refractivity contribution in [2.75, 3.05) is 32.8 Å². The number of hydrogen-bond donors (Lipinski definition) is 2. The minimum absolute atomic E-state index is 0.104. The molecule has 0 unspecified atom stereocenters. The summed E-state index contributed by atoms with van der Waals surface area (Å²) in [7, 11) is 3.14. The molecule has 0 aliphatic rings. The van der Waals surface area contributed by atoms with E-state index in [4.69, 9.17) is 14.6 Å². The molecule has 0 fully saturated rings. The summed E-state index contributed by atoms with van der Waals surface area (Å²) in [5, 5.41) is 11.5. The normalized spacial score (nSPS) is 9.55. The molecule has 1 aromatic rings. The number of anilines is 1. The number of carbonyl (C=O) groups is 1. The molecular formula is C15H19NO4. The van der Waals surface area contributed by atoms with E-state index < -0.39 is 0 Å². The molecule has 20 heavy (non-hydrogen) atoms. The Bertz CT molecular complexity index is 502. The van der Waals surface area contributed by atoms with E-state index in [-0.39, 0.29) is 12.5 Å². The molecule has 5 heteroatoms. The number of carbonyl (C=O) groups excluding carboxylic acids is 1. The lowest BCUT2D eigenvalue weighted by atomic mass is 10.2. The summed E-state index contributed by atoms with van der Waals surface area (Å²) in [4.78, 5) is 11.8. The highest BCUT2D eigenvalue weighted by Crippen LogP contribution is 2.25. The molecule has 0 saturated heterocycles. The number of amides is 1. The number of aliphatic hydroxyl groups excluding tert-OH is 1. The van der Waals surface area contributed by atoms with Gasteiger partial charge in [0.2, 0.25) is 5.91 Å². The topological polar surface area (TPSA) is 67.8 Å². The largest absolute Gasteiger partial charge is 0.495 e. The average Bonchev–Trinajstić information content (AvgIpc) is 2.45. The second-order valence-corrected chi connectivity index (χ2v) is 4.02. The van der Waals surface area contributed by atoms with E-state index in [2.05, 4.69) is 17.2 Å². The van der Waals surface area contributed by atoms with Gasteiger partial charge in [0.1, 0.15) is 12.4 Å². The van der Waals surface area contributed by atoms with Gasteiger partial charge in [0.05, 0.1) is 12.8 Å². The van der Waals surface area contributed by atoms with Crippen LogP contribution in [0.25, 0.3) is 0 Å². The number of ether oxygens (including phenoxy) is 2. The lowest BCUT2D eigenvalue weighted by Crippen LogP contribution is -2.13. The van der Waals surface area contributed by atoms with Gasteiger partial charge >= 0.3 is 0 Å². The van der Waals surface area contributed by atoms with Crippen LogP contribution in [0.15, 0.2) is 18.2 Å². The van der Waals surface area contributed by atoms with Crippen molar-refractivity contribution >= 4 is 11.6 Å². The third-order valence-electron chi connectivity index (χ3n) is 2.54. The van der Waals surface area contributed by atoms with Gasteiger partial charge in [-0.2, -0.15) is 0 Å². The van der Waals surface area contributed by atoms with Crippen LogP contribution in [0.2, 0.25) is 0 Å². The first-order valence-electron chi connectivity index (χ1n) is 6.27. The van der Waals surface area contributed by atoms with Crippen LogP contribution >= 0.6 is 0 Å². The zero-order valence-electron chi connectivity index (χ0n) is 11.7. The van der Waals surface area contributed by atoms with Gasteiger partial charge < -0.3 is 19.9 Å². The first kappa shape index (κ1) is 16.0. The van der Waals surface area contributed by atoms with E-state index >= 15 is 0 Å². The van der Waals surface area contributed by atoms with Crippen molar-refractivity contribution < 1.29 is 19.4 Å². The minimum Gasteiger partial charge on any atom is -0.495 e. The zero-order valence-corrected chi connectivity index (χ0v) is 11.7. The van der Waals surface area contributed by atoms with Crippen LogP contribution in [0.1, 0.15) is 18.4 Å². The zero-order chi connectivity index (χ0) is 14.8. The Kier molecular flexibility index (Phi) is 7.18. The standard InChI is InChI=1S/C15H19NO4/c1-19-10-4-6-15(18)16-13-11-12(5-3-9-17)7-8-14(13)20-2/h7-8,11,17H,4,6,9-10H2,1-2H3,(H,16,18). The molecule has 0 heterocycles. The molecule has 0 atom stereocenters. The number of aliphatic hydroxyl groups is 1. The third-order valence-corrected chi connectivity index (χ3v) is 2.54. The predicted octanol–water partition coefficient (Wildman–Crippen LogP) is 1.40. The van der Waals surface area contributed by atoms with Crippen molar-refractivity contribution in [3.05, 3.63) is 23.8 Å². The summed E-state index contributed by atoms with van der Waals surface area (Å²) in [6.45, 7) is 0.345. The van der Waals surface area contributed by atoms with E-state index in [1.54, 1.807) is 25.3 Å². The maximum atomic E-state index is 11.8. The van der Waals surface area contributed by atoms with Gasteiger partial charge in [0.25, 0.3) is 0 Å². The second kappa shape index (κ2) is 8.97. The van der Waals surface area contributed by atoms with Gasteiger partial charge in [-0.05, 0) is 24.6 Å². The molecule has 0 aliphatic carbocycles. The molecule has 0 radical (unpaired) electrons. The lowest BCUT2D eigenvalue weighted by Gasteiger charge is -2.10. The molecular weight excluding hydrogens is 258 g/mol. The fraction of sp³-hybridized carbons (Fsp3) is 0.400. The first-order valence-corrected chi connectivity index (χ1v) is 6.27. The van der Waals surface area contributed by atoms with Crippen LogP contribution in [-0.4, -0.2) is 38.4 Å². The number of benzene rings is 1. The molecule has 2 N–H and O–H groups in total. The van der Waals surface area contributed by atoms with Crippen molar-refractivity contribution in [2.45, 2.75) is 12.8 Å². The van der Waals surface area contributed by atoms with Crippen LogP contribution < -0.4 is 10.1 Å². The number of nitrogens with one attached hydrogen (secondary N) is 1. The smallest absolute Gasteiger partial charge is 0.224 e. The summed E-state index contributed by atoms with van der Waals surface area (Å²) in [6, 6.07) is 5.21. The minimum atomic E-state index is -0.204. The van der Waals surface area contributed by atoms with Crippen LogP contribution in [0.3, 0.4) is 0 Å². The highest BCUT2D eigenvalue weighted by Gasteiger charge is 2.08. The Balaban J connectivity index is 2.77. The number of methoxy groups -OCH3 is 2. The van der Waals surface area contributed by atoms with Crippen LogP contribution in [0.5, 0.6) is 5.75 Å². The SMILES string of the molecule is COCCCC(=O)Nc1cc(C#CCO)ccc1OC. The molecule has 108 valence electrons. The van der Waals surface area contributed by atoms with Crippen molar-refractivity contribution in [1.82, 2.24) is 0 Å². The quantitative estimate of drug-likeness (QED) is 0.609. The van der Waals surface area contributed by atoms with Gasteiger partial charge in [0.15, 0.2) is 0 Å². The number of hydrogen-bond acceptors (Lipinski definition) is 4. The van der Waals surface area contributed by atoms with Crippen LogP contribution in [-0.2, 0) is 9.53 Å². The van der Waals surface area contributed by atoms with Gasteiger partial charge in [-0.25, -0.2) is 0 Å². The molecule has 5 nitrogen and oxygen atoms in total. The Morgan fingerprint density at radius 3 is 2.85 bits per heavy atom. The van der Waals surface area contributed by atoms with Crippen molar-refractivity contribution in [2.24, 2.45) is 0 Å². The summed E-state index contributed by atoms with van der Waals surface area (Å²) in [6.07, 6.45) is 1.04. The van der Waals surface area contributed by atoms with Gasteiger partial charge in [-0.15, -0.1) is 0 Å². The summed E-state index contributed by atoms with van der Waals surface area (Å²) in [5.41, 5.74) is 1.27. The van der Waals surface area contributed by atoms with Crippen molar-refractivity contribution in [3.8, 4) is 17.6 Å². The molecule has 1 rings (SSSR count). The maximum Gasteiger partial charge on any atom is 0.224 e. The third kappa shape index (κ3) is 5.31. The van der Waals surface area contributed by atoms with Crippen molar-refractivity contribution in [1.29, 1.82) is 0 Å². The Hall–Kier alpha value is -2.03. The Morgan fingerprint density at radius 2 is 2.20 bits per heavy atom. The highest BCUT2D eigenvalue weighted by atomic mass is 16.5. The molecule has 0 aliphatic heterocycles. The summed E-state index contributed by atoms with van der Waals surface area (Å²) >= 11 is 0. The molecule has 0 saturated carbocycles. The average molecular weight is 277 g/mol. The predicted molar refractivity (Wildman–Crippen MR) is 76.7 cm³/mol. The Morgan fingerprint density at radius 1 is 1.40 bits per heavy atom. The van der Waals surface area contributed by atoms with E-state index in [1.165, 1.54) is 7.11 Å². The molecule has 1 aromatic carbocycles. The van der Waals surface area contributed by atoms with Crippen molar-refractivity contribution in [3.63, 3.8) is 0 Å². The fourth-order valence-corrected chi connectivity index (χ4v) is 1.61. The summed E-state index contributed by atoms with van der Waals surface area (Å²) in [5.74, 6) is 5.81. The summed E-state index contributed by atoms with van der Waals surface area (Å²) < 4.78 is 10.1. The molecule has 0 aromatic heterocycles. The molecule has 0 bridgehead atoms. The van der Waals surface area contributed by atoms with Crippen LogP contribution in [0.4, 0.5) is 5.69 Å². The van der Waals surface area contributed by atoms with E-state index in [1.807, 2.05) is 0 Å². The second-order valence-electron chi connectivity index (χ2n) is 4.02.